The lowest BCUT2D eigenvalue weighted by Crippen LogP contribution is -2.47. The Labute approximate surface area is 213 Å². The summed E-state index contributed by atoms with van der Waals surface area (Å²) < 4.78 is 37.5. The Morgan fingerprint density at radius 2 is 1.75 bits per heavy atom. The lowest BCUT2D eigenvalue weighted by molar-refractivity contribution is -0.140. The van der Waals surface area contributed by atoms with E-state index >= 15 is 0 Å². The van der Waals surface area contributed by atoms with Crippen molar-refractivity contribution in [2.45, 2.75) is 45.7 Å². The number of rotatable bonds is 12. The number of hydrogen-bond acceptors (Lipinski definition) is 6. The Bertz CT molecular complexity index is 1140. The maximum Gasteiger partial charge on any atom is 0.242 e. The third kappa shape index (κ3) is 7.36. The molecule has 36 heavy (non-hydrogen) atoms. The van der Waals surface area contributed by atoms with E-state index < -0.39 is 16.1 Å². The van der Waals surface area contributed by atoms with Crippen LogP contribution in [0.1, 0.15) is 38.7 Å². The van der Waals surface area contributed by atoms with Gasteiger partial charge in [-0.1, -0.05) is 37.3 Å². The van der Waals surface area contributed by atoms with Crippen LogP contribution in [0.2, 0.25) is 0 Å². The molecule has 1 N–H and O–H groups in total. The van der Waals surface area contributed by atoms with Crippen LogP contribution in [-0.4, -0.2) is 63.7 Å². The number of amides is 2. The van der Waals surface area contributed by atoms with Gasteiger partial charge in [0.1, 0.15) is 19.3 Å². The Balaban J connectivity index is 1.71. The lowest BCUT2D eigenvalue weighted by Gasteiger charge is -2.29. The van der Waals surface area contributed by atoms with Gasteiger partial charge in [-0.3, -0.25) is 13.9 Å². The first-order chi connectivity index (χ1) is 17.2. The number of benzene rings is 2. The van der Waals surface area contributed by atoms with Crippen LogP contribution in [0.25, 0.3) is 0 Å². The van der Waals surface area contributed by atoms with Gasteiger partial charge in [-0.15, -0.1) is 0 Å². The van der Waals surface area contributed by atoms with E-state index in [9.17, 15) is 18.0 Å². The number of carbonyl (C=O) groups excluding carboxylic acids is 2. The largest absolute Gasteiger partial charge is 0.486 e. The standard InChI is InChI=1S/C26H35N3O6S/c1-4-14-27-26(31)20(2)28(19-21-9-6-5-7-10-21)25(30)11-8-15-29(36(3,32)33)22-12-13-23-24(18-22)35-17-16-34-23/h5-7,9-10,12-13,18,20H,4,8,11,14-17,19H2,1-3H3,(H,27,31). The zero-order valence-corrected chi connectivity index (χ0v) is 21.9. The topological polar surface area (TPSA) is 105 Å². The summed E-state index contributed by atoms with van der Waals surface area (Å²) in [6.45, 7) is 5.45. The van der Waals surface area contributed by atoms with E-state index in [1.165, 1.54) is 4.31 Å². The van der Waals surface area contributed by atoms with Crippen molar-refractivity contribution < 1.29 is 27.5 Å². The number of nitrogens with zero attached hydrogens (tertiary/aromatic N) is 2. The highest BCUT2D eigenvalue weighted by atomic mass is 32.2. The lowest BCUT2D eigenvalue weighted by atomic mass is 10.1. The number of hydrogen-bond donors (Lipinski definition) is 1. The molecule has 2 amide bonds. The molecule has 1 atom stereocenters. The van der Waals surface area contributed by atoms with Crippen LogP contribution in [0.3, 0.4) is 0 Å². The monoisotopic (exact) mass is 517 g/mol. The first-order valence-electron chi connectivity index (χ1n) is 12.2. The Hall–Kier alpha value is -3.27. The van der Waals surface area contributed by atoms with Gasteiger partial charge in [0.25, 0.3) is 0 Å². The molecule has 0 bridgehead atoms. The van der Waals surface area contributed by atoms with Gasteiger partial charge in [0.05, 0.1) is 11.9 Å². The van der Waals surface area contributed by atoms with Gasteiger partial charge in [-0.25, -0.2) is 8.42 Å². The molecule has 3 rings (SSSR count). The molecule has 0 radical (unpaired) electrons. The minimum absolute atomic E-state index is 0.0921. The summed E-state index contributed by atoms with van der Waals surface area (Å²) in [5.74, 6) is 0.633. The van der Waals surface area contributed by atoms with E-state index in [1.807, 2.05) is 37.3 Å². The van der Waals surface area contributed by atoms with Crippen molar-refractivity contribution in [1.29, 1.82) is 0 Å². The van der Waals surface area contributed by atoms with E-state index in [0.29, 0.717) is 43.5 Å². The van der Waals surface area contributed by atoms with Crippen molar-refractivity contribution in [2.75, 3.05) is 36.9 Å². The average molecular weight is 518 g/mol. The SMILES string of the molecule is CCCNC(=O)C(C)N(Cc1ccccc1)C(=O)CCCN(c1ccc2c(c1)OCCO2)S(C)(=O)=O. The van der Waals surface area contributed by atoms with Gasteiger partial charge in [0.15, 0.2) is 11.5 Å². The first kappa shape index (κ1) is 27.3. The fraction of sp³-hybridized carbons (Fsp3) is 0.462. The molecular weight excluding hydrogens is 482 g/mol. The molecule has 9 nitrogen and oxygen atoms in total. The normalized spacial score (nSPS) is 13.5. The summed E-state index contributed by atoms with van der Waals surface area (Å²) in [7, 11) is -3.60. The summed E-state index contributed by atoms with van der Waals surface area (Å²) in [4.78, 5) is 27.5. The summed E-state index contributed by atoms with van der Waals surface area (Å²) in [6.07, 6.45) is 2.31. The van der Waals surface area contributed by atoms with Crippen molar-refractivity contribution >= 4 is 27.5 Å². The highest BCUT2D eigenvalue weighted by molar-refractivity contribution is 7.92. The molecule has 0 saturated heterocycles. The van der Waals surface area contributed by atoms with Crippen LogP contribution < -0.4 is 19.1 Å². The zero-order valence-electron chi connectivity index (χ0n) is 21.1. The summed E-state index contributed by atoms with van der Waals surface area (Å²) in [6, 6.07) is 13.8. The highest BCUT2D eigenvalue weighted by Gasteiger charge is 2.27. The molecule has 2 aromatic carbocycles. The van der Waals surface area contributed by atoms with Crippen LogP contribution >= 0.6 is 0 Å². The van der Waals surface area contributed by atoms with Crippen LogP contribution in [-0.2, 0) is 26.2 Å². The van der Waals surface area contributed by atoms with Gasteiger partial charge in [-0.05, 0) is 37.5 Å². The zero-order chi connectivity index (χ0) is 26.1. The van der Waals surface area contributed by atoms with Gasteiger partial charge in [0, 0.05) is 32.1 Å². The molecule has 1 aliphatic rings. The number of fused-ring (bicyclic) bond motifs is 1. The van der Waals surface area contributed by atoms with Crippen LogP contribution in [0, 0.1) is 0 Å². The van der Waals surface area contributed by atoms with Gasteiger partial charge >= 0.3 is 0 Å². The number of ether oxygens (including phenoxy) is 2. The van der Waals surface area contributed by atoms with Crippen molar-refractivity contribution in [3.05, 3.63) is 54.1 Å². The van der Waals surface area contributed by atoms with Gasteiger partial charge in [0.2, 0.25) is 21.8 Å². The molecule has 1 heterocycles. The summed E-state index contributed by atoms with van der Waals surface area (Å²) in [5, 5.41) is 2.85. The smallest absolute Gasteiger partial charge is 0.242 e. The van der Waals surface area contributed by atoms with Crippen LogP contribution in [0.15, 0.2) is 48.5 Å². The fourth-order valence-electron chi connectivity index (χ4n) is 3.95. The molecule has 2 aromatic rings. The maximum atomic E-state index is 13.3. The van der Waals surface area contributed by atoms with Crippen LogP contribution in [0.4, 0.5) is 5.69 Å². The quantitative estimate of drug-likeness (QED) is 0.464. The van der Waals surface area contributed by atoms with Crippen molar-refractivity contribution in [1.82, 2.24) is 10.2 Å². The average Bonchev–Trinajstić information content (AvgIpc) is 2.87. The molecular formula is C26H35N3O6S. The molecule has 0 fully saturated rings. The van der Waals surface area contributed by atoms with Gasteiger partial charge in [-0.2, -0.15) is 0 Å². The Kier molecular flexibility index (Phi) is 9.58. The number of sulfonamides is 1. The number of carbonyl (C=O) groups is 2. The van der Waals surface area contributed by atoms with E-state index in [0.717, 1.165) is 18.2 Å². The Morgan fingerprint density at radius 3 is 2.42 bits per heavy atom. The third-order valence-electron chi connectivity index (χ3n) is 5.88. The predicted octanol–water partition coefficient (Wildman–Crippen LogP) is 2.95. The molecule has 0 aromatic heterocycles. The molecule has 196 valence electrons. The van der Waals surface area contributed by atoms with Crippen molar-refractivity contribution in [3.63, 3.8) is 0 Å². The van der Waals surface area contributed by atoms with Crippen LogP contribution in [0.5, 0.6) is 11.5 Å². The molecule has 0 saturated carbocycles. The summed E-state index contributed by atoms with van der Waals surface area (Å²) >= 11 is 0. The molecule has 0 aliphatic carbocycles. The molecule has 0 spiro atoms. The molecule has 1 aliphatic heterocycles. The predicted molar refractivity (Wildman–Crippen MR) is 139 cm³/mol. The minimum Gasteiger partial charge on any atom is -0.486 e. The number of nitrogens with one attached hydrogen (secondary N) is 1. The fourth-order valence-corrected chi connectivity index (χ4v) is 4.91. The maximum absolute atomic E-state index is 13.3. The summed E-state index contributed by atoms with van der Waals surface area (Å²) in [5.41, 5.74) is 1.36. The first-order valence-corrected chi connectivity index (χ1v) is 14.0. The van der Waals surface area contributed by atoms with E-state index in [4.69, 9.17) is 9.47 Å². The van der Waals surface area contributed by atoms with E-state index in [-0.39, 0.29) is 31.2 Å². The van der Waals surface area contributed by atoms with E-state index in [1.54, 1.807) is 30.0 Å². The Morgan fingerprint density at radius 1 is 1.06 bits per heavy atom. The third-order valence-corrected chi connectivity index (χ3v) is 7.07. The minimum atomic E-state index is -3.60. The molecule has 1 unspecified atom stereocenters. The van der Waals surface area contributed by atoms with E-state index in [2.05, 4.69) is 5.32 Å². The van der Waals surface area contributed by atoms with Gasteiger partial charge < -0.3 is 19.7 Å². The highest BCUT2D eigenvalue weighted by Crippen LogP contribution is 2.34. The molecule has 10 heteroatoms. The van der Waals surface area contributed by atoms with Crippen molar-refractivity contribution in [3.8, 4) is 11.5 Å². The number of anilines is 1. The second-order valence-corrected chi connectivity index (χ2v) is 10.6. The second-order valence-electron chi connectivity index (χ2n) is 8.74. The van der Waals surface area contributed by atoms with Crippen molar-refractivity contribution in [2.24, 2.45) is 0 Å². The second kappa shape index (κ2) is 12.6.